The molecule has 0 aromatic heterocycles. The highest BCUT2D eigenvalue weighted by Gasteiger charge is 2.30. The predicted molar refractivity (Wildman–Crippen MR) is 68.8 cm³/mol. The summed E-state index contributed by atoms with van der Waals surface area (Å²) >= 11 is 5.80. The Hall–Kier alpha value is 0.247. The predicted octanol–water partition coefficient (Wildman–Crippen LogP) is 4.54. The van der Waals surface area contributed by atoms with Crippen LogP contribution >= 0.6 is 11.6 Å². The number of alkyl halides is 1. The molecule has 0 spiro atoms. The normalized spacial score (nSPS) is 38.3. The summed E-state index contributed by atoms with van der Waals surface area (Å²) in [5.74, 6) is 2.44. The molecule has 82 valence electrons. The Morgan fingerprint density at radius 2 is 1.71 bits per heavy atom. The van der Waals surface area contributed by atoms with Crippen molar-refractivity contribution in [2.45, 2.75) is 44.9 Å². The molecule has 0 amide bonds. The van der Waals surface area contributed by atoms with Gasteiger partial charge in [-0.2, -0.15) is 0 Å². The van der Waals surface area contributed by atoms with Crippen LogP contribution in [0.25, 0.3) is 0 Å². The van der Waals surface area contributed by atoms with Crippen LogP contribution in [0.3, 0.4) is 0 Å². The Morgan fingerprint density at radius 3 is 2.14 bits per heavy atom. The van der Waals surface area contributed by atoms with E-state index in [-0.39, 0.29) is 0 Å². The fourth-order valence-electron chi connectivity index (χ4n) is 2.85. The number of halogens is 1. The van der Waals surface area contributed by atoms with Gasteiger partial charge in [0.15, 0.2) is 0 Å². The summed E-state index contributed by atoms with van der Waals surface area (Å²) < 4.78 is 0. The van der Waals surface area contributed by atoms with Crippen molar-refractivity contribution in [2.75, 3.05) is 5.88 Å². The van der Waals surface area contributed by atoms with Gasteiger partial charge in [-0.1, -0.05) is 50.7 Å². The Balaban J connectivity index is 2.58. The Bertz CT molecular complexity index is 186. The smallest absolute Gasteiger partial charge is 0.0516 e. The molecular formula is C12H23ClSi. The third-order valence-corrected chi connectivity index (χ3v) is 8.40. The molecule has 2 unspecified atom stereocenters. The zero-order chi connectivity index (χ0) is 10.6. The first-order valence-electron chi connectivity index (χ1n) is 5.80. The summed E-state index contributed by atoms with van der Waals surface area (Å²) in [6.07, 6.45) is 6.07. The zero-order valence-electron chi connectivity index (χ0n) is 9.72. The molecule has 0 saturated carbocycles. The minimum absolute atomic E-state index is 0.798. The molecule has 0 N–H and O–H groups in total. The van der Waals surface area contributed by atoms with Crippen molar-refractivity contribution in [3.63, 3.8) is 0 Å². The molecule has 1 rings (SSSR count). The van der Waals surface area contributed by atoms with Crippen molar-refractivity contribution in [2.24, 2.45) is 11.8 Å². The Kier molecular flexibility index (Phi) is 4.72. The molecule has 0 saturated heterocycles. The van der Waals surface area contributed by atoms with Crippen molar-refractivity contribution in [1.82, 2.24) is 0 Å². The first kappa shape index (κ1) is 12.3. The van der Waals surface area contributed by atoms with Crippen LogP contribution in [0.1, 0.15) is 20.3 Å². The van der Waals surface area contributed by atoms with E-state index in [1.165, 1.54) is 24.6 Å². The lowest BCUT2D eigenvalue weighted by Gasteiger charge is -2.29. The van der Waals surface area contributed by atoms with Gasteiger partial charge in [0.2, 0.25) is 0 Å². The Morgan fingerprint density at radius 1 is 1.21 bits per heavy atom. The average Bonchev–Trinajstić information content (AvgIpc) is 2.23. The topological polar surface area (TPSA) is 0 Å². The van der Waals surface area contributed by atoms with Crippen LogP contribution in [0.4, 0.5) is 0 Å². The molecule has 1 aliphatic heterocycles. The molecule has 2 heteroatoms. The van der Waals surface area contributed by atoms with Crippen molar-refractivity contribution < 1.29 is 0 Å². The van der Waals surface area contributed by atoms with Crippen molar-refractivity contribution in [1.29, 1.82) is 0 Å². The van der Waals surface area contributed by atoms with Gasteiger partial charge in [-0.05, 0) is 18.3 Å². The zero-order valence-corrected chi connectivity index (χ0v) is 11.5. The molecule has 2 atom stereocenters. The maximum absolute atomic E-state index is 5.80. The largest absolute Gasteiger partial charge is 0.127 e. The third-order valence-electron chi connectivity index (χ3n) is 3.31. The van der Waals surface area contributed by atoms with E-state index in [2.05, 4.69) is 32.5 Å². The standard InChI is InChI=1S/C12H23ClSi/c1-11-5-6-12(2)10-14(3,9-11)8-4-7-13/h5-6,11-12H,4,7-10H2,1-3H3. The van der Waals surface area contributed by atoms with Gasteiger partial charge in [-0.25, -0.2) is 0 Å². The molecule has 0 aromatic rings. The molecular weight excluding hydrogens is 208 g/mol. The van der Waals surface area contributed by atoms with Crippen molar-refractivity contribution >= 4 is 19.7 Å². The molecule has 0 fully saturated rings. The molecule has 0 aliphatic carbocycles. The van der Waals surface area contributed by atoms with Gasteiger partial charge < -0.3 is 0 Å². The van der Waals surface area contributed by atoms with Crippen LogP contribution in [-0.4, -0.2) is 14.0 Å². The lowest BCUT2D eigenvalue weighted by Crippen LogP contribution is -2.32. The van der Waals surface area contributed by atoms with Crippen LogP contribution in [0.5, 0.6) is 0 Å². The lowest BCUT2D eigenvalue weighted by molar-refractivity contribution is 0.797. The van der Waals surface area contributed by atoms with Gasteiger partial charge in [-0.3, -0.25) is 0 Å². The summed E-state index contributed by atoms with van der Waals surface area (Å²) in [5.41, 5.74) is 0. The molecule has 14 heavy (non-hydrogen) atoms. The second-order valence-electron chi connectivity index (χ2n) is 5.35. The number of rotatable bonds is 3. The number of hydrogen-bond donors (Lipinski definition) is 0. The molecule has 0 bridgehead atoms. The van der Waals surface area contributed by atoms with Gasteiger partial charge in [-0.15, -0.1) is 11.6 Å². The monoisotopic (exact) mass is 230 g/mol. The van der Waals surface area contributed by atoms with Crippen molar-refractivity contribution in [3.05, 3.63) is 12.2 Å². The highest BCUT2D eigenvalue weighted by Crippen LogP contribution is 2.34. The van der Waals surface area contributed by atoms with E-state index in [0.29, 0.717) is 0 Å². The van der Waals surface area contributed by atoms with Crippen LogP contribution in [0, 0.1) is 11.8 Å². The van der Waals surface area contributed by atoms with E-state index >= 15 is 0 Å². The second kappa shape index (κ2) is 5.36. The average molecular weight is 231 g/mol. The van der Waals surface area contributed by atoms with Gasteiger partial charge >= 0.3 is 0 Å². The quantitative estimate of drug-likeness (QED) is 0.380. The summed E-state index contributed by atoms with van der Waals surface area (Å²) in [4.78, 5) is 0. The van der Waals surface area contributed by atoms with Gasteiger partial charge in [0, 0.05) is 5.88 Å². The fourth-order valence-corrected chi connectivity index (χ4v) is 8.20. The number of hydrogen-bond acceptors (Lipinski definition) is 0. The van der Waals surface area contributed by atoms with E-state index in [9.17, 15) is 0 Å². The van der Waals surface area contributed by atoms with Crippen molar-refractivity contribution in [3.8, 4) is 0 Å². The summed E-state index contributed by atoms with van der Waals surface area (Å²) in [7, 11) is -0.981. The van der Waals surface area contributed by atoms with E-state index in [4.69, 9.17) is 11.6 Å². The minimum Gasteiger partial charge on any atom is -0.127 e. The highest BCUT2D eigenvalue weighted by atomic mass is 35.5. The van der Waals surface area contributed by atoms with Crippen LogP contribution in [0.15, 0.2) is 12.2 Å². The molecule has 0 nitrogen and oxygen atoms in total. The Labute approximate surface area is 94.7 Å². The summed E-state index contributed by atoms with van der Waals surface area (Å²) in [6, 6.07) is 4.35. The first-order chi connectivity index (χ1) is 6.56. The maximum atomic E-state index is 5.80. The third kappa shape index (κ3) is 3.78. The van der Waals surface area contributed by atoms with E-state index in [1.54, 1.807) is 0 Å². The second-order valence-corrected chi connectivity index (χ2v) is 10.7. The van der Waals surface area contributed by atoms with E-state index < -0.39 is 8.07 Å². The highest BCUT2D eigenvalue weighted by molar-refractivity contribution is 6.78. The SMILES string of the molecule is CC1C=CC(C)C[Si](C)(CCCCl)C1. The van der Waals surface area contributed by atoms with Crippen LogP contribution < -0.4 is 0 Å². The minimum atomic E-state index is -0.981. The van der Waals surface area contributed by atoms with E-state index in [0.717, 1.165) is 17.7 Å². The fraction of sp³-hybridized carbons (Fsp3) is 0.833. The molecule has 0 radical (unpaired) electrons. The maximum Gasteiger partial charge on any atom is 0.0516 e. The first-order valence-corrected chi connectivity index (χ1v) is 9.45. The lowest BCUT2D eigenvalue weighted by atomic mass is 10.1. The van der Waals surface area contributed by atoms with Crippen LogP contribution in [-0.2, 0) is 0 Å². The van der Waals surface area contributed by atoms with Gasteiger partial charge in [0.25, 0.3) is 0 Å². The molecule has 1 aliphatic rings. The van der Waals surface area contributed by atoms with Gasteiger partial charge in [0.1, 0.15) is 0 Å². The summed E-state index contributed by atoms with van der Waals surface area (Å²) in [6.45, 7) is 7.29. The number of allylic oxidation sites excluding steroid dienone is 2. The molecule has 0 aromatic carbocycles. The summed E-state index contributed by atoms with van der Waals surface area (Å²) in [5, 5.41) is 0. The van der Waals surface area contributed by atoms with E-state index in [1.807, 2.05) is 0 Å². The van der Waals surface area contributed by atoms with Crippen LogP contribution in [0.2, 0.25) is 24.7 Å². The molecule has 1 heterocycles. The van der Waals surface area contributed by atoms with Gasteiger partial charge in [0.05, 0.1) is 8.07 Å².